The van der Waals surface area contributed by atoms with E-state index in [0.717, 1.165) is 6.42 Å². The van der Waals surface area contributed by atoms with Crippen molar-refractivity contribution < 1.29 is 49.5 Å². The number of carboxylic acid groups (broad SMARTS) is 5. The number of benzene rings is 12. The summed E-state index contributed by atoms with van der Waals surface area (Å²) in [7, 11) is -0.0585. The molecule has 0 amide bonds. The van der Waals surface area contributed by atoms with Crippen LogP contribution in [0.1, 0.15) is 44.2 Å². The maximum atomic E-state index is 10.6. The summed E-state index contributed by atoms with van der Waals surface area (Å²) in [6.07, 6.45) is 15.4. The number of carbonyl (C=O) groups excluding carboxylic acids is 5. The molecule has 2 aliphatic carbocycles. The number of hydrogen-bond acceptors (Lipinski definition) is 13. The Hall–Kier alpha value is -14.3. The van der Waals surface area contributed by atoms with Gasteiger partial charge < -0.3 is 54.5 Å². The average molecular weight is 1640 g/mol. The maximum absolute atomic E-state index is 10.6. The van der Waals surface area contributed by atoms with Crippen molar-refractivity contribution in [2.75, 3.05) is 0 Å². The highest BCUT2D eigenvalue weighted by Crippen LogP contribution is 2.35. The van der Waals surface area contributed by atoms with E-state index >= 15 is 0 Å². The lowest BCUT2D eigenvalue weighted by atomic mass is 10.2. The van der Waals surface area contributed by atoms with Gasteiger partial charge in [-0.1, -0.05) is 261 Å². The second-order valence-electron chi connectivity index (χ2n) is 24.6. The molecule has 0 atom stereocenters. The molecule has 0 saturated heterocycles. The van der Waals surface area contributed by atoms with E-state index in [-0.39, 0.29) is 60.5 Å². The zero-order chi connectivity index (χ0) is 83.9. The molecule has 0 bridgehead atoms. The lowest BCUT2D eigenvalue weighted by Crippen LogP contribution is -2.29. The number of nitrogens with zero attached hydrogens (tertiary/aromatic N) is 2. The first-order valence-corrected chi connectivity index (χ1v) is 42.1. The van der Waals surface area contributed by atoms with Crippen LogP contribution in [0, 0.1) is 0 Å². The molecule has 0 saturated carbocycles. The molecule has 0 fully saturated rings. The number of rotatable bonds is 17. The van der Waals surface area contributed by atoms with Crippen LogP contribution in [0.4, 0.5) is 0 Å². The van der Waals surface area contributed by atoms with Crippen molar-refractivity contribution in [1.82, 2.24) is 20.2 Å². The molecule has 15 aromatic rings. The van der Waals surface area contributed by atoms with Crippen LogP contribution in [0.5, 0.6) is 0 Å². The summed E-state index contributed by atoms with van der Waals surface area (Å²) in [5, 5.41) is 55.6. The van der Waals surface area contributed by atoms with Crippen molar-refractivity contribution in [2.45, 2.75) is 71.6 Å². The highest BCUT2D eigenvalue weighted by molar-refractivity contribution is 7.98. The van der Waals surface area contributed by atoms with Crippen LogP contribution in [0.15, 0.2) is 530 Å². The third-order valence-electron chi connectivity index (χ3n) is 16.4. The number of carboxylic acids is 5. The van der Waals surface area contributed by atoms with Gasteiger partial charge in [0, 0.05) is 18.6 Å². The highest BCUT2D eigenvalue weighted by Gasteiger charge is 2.31. The number of hydrogen-bond donors (Lipinski definition) is 2. The van der Waals surface area contributed by atoms with E-state index < -0.39 is 35.4 Å². The van der Waals surface area contributed by atoms with Gasteiger partial charge >= 0.3 is 0 Å². The smallest absolute Gasteiger partial charge is 0.257 e. The standard InChI is InChI=1S/4C18H15S.C6H5NO3.C6H5NO2.2C6H6O2.C4H4N2O2/c4*1-4-10-16(11-5-1)19(17-12-6-2-7-13-17)18-14-8-3-9-15-18;8-5-4(6(9)10)2-1-3-7-5;8-6(9)5-3-1-2-4-7-5;2*7-6(8)5-3-1-2-4-5;7-4(8)3-1-2-5-6-3/h4*1-15H;1-3H,(H,7,8)(H,9,10);1-4H,(H,8,9);1,3-4H,2H2,(H,7,8);1-3H,4H2,(H,7,8);1-2H,(H,5,6)(H,7,8)/q4*+1;;;;;/p-5. The van der Waals surface area contributed by atoms with Gasteiger partial charge in [0.1, 0.15) is 0 Å². The second kappa shape index (κ2) is 50.1. The summed E-state index contributed by atoms with van der Waals surface area (Å²) < 4.78 is 0. The predicted molar refractivity (Wildman–Crippen MR) is 463 cm³/mol. The largest absolute Gasteiger partial charge is 0.545 e. The Balaban J connectivity index is 0.000000156. The van der Waals surface area contributed by atoms with Crippen molar-refractivity contribution >= 4 is 73.4 Å². The van der Waals surface area contributed by atoms with Gasteiger partial charge in [0.2, 0.25) is 0 Å². The first-order valence-electron chi connectivity index (χ1n) is 37.2. The zero-order valence-electron chi connectivity index (χ0n) is 64.2. The van der Waals surface area contributed by atoms with Crippen LogP contribution >= 0.6 is 0 Å². The topological polar surface area (TPSA) is 275 Å². The zero-order valence-corrected chi connectivity index (χ0v) is 67.5. The van der Waals surface area contributed by atoms with Gasteiger partial charge in [-0.2, -0.15) is 5.10 Å². The normalized spacial score (nSPS) is 11.0. The van der Waals surface area contributed by atoms with Crippen molar-refractivity contribution in [2.24, 2.45) is 0 Å². The van der Waals surface area contributed by atoms with Crippen LogP contribution in [-0.2, 0) is 53.2 Å². The van der Waals surface area contributed by atoms with Crippen molar-refractivity contribution in [3.8, 4) is 0 Å². The van der Waals surface area contributed by atoms with Gasteiger partial charge in [-0.15, -0.1) is 0 Å². The van der Waals surface area contributed by atoms with Gasteiger partial charge in [-0.25, -0.2) is 0 Å². The molecule has 12 aromatic carbocycles. The van der Waals surface area contributed by atoms with Crippen LogP contribution in [0.2, 0.25) is 0 Å². The number of pyridine rings is 2. The molecule has 17 rings (SSSR count). The van der Waals surface area contributed by atoms with Crippen LogP contribution in [-0.4, -0.2) is 50.0 Å². The molecular weight excluding hydrogens is 1560 g/mol. The number of aromatic carboxylic acids is 3. The van der Waals surface area contributed by atoms with Crippen molar-refractivity contribution in [3.63, 3.8) is 0 Å². The molecule has 0 spiro atoms. The Morgan fingerprint density at radius 1 is 0.303 bits per heavy atom. The summed E-state index contributed by atoms with van der Waals surface area (Å²) in [6.45, 7) is 0. The Morgan fingerprint density at radius 2 is 0.605 bits per heavy atom. The Labute approximate surface area is 703 Å². The summed E-state index contributed by atoms with van der Waals surface area (Å²) in [5.74, 6) is -6.08. The van der Waals surface area contributed by atoms with E-state index in [2.05, 4.69) is 384 Å². The fourth-order valence-electron chi connectivity index (χ4n) is 11.0. The fourth-order valence-corrected chi connectivity index (χ4v) is 19.4. The van der Waals surface area contributed by atoms with Crippen molar-refractivity contribution in [1.29, 1.82) is 0 Å². The Bertz CT molecular complexity index is 4820. The molecular formula is C100H81N4O11S4-. The van der Waals surface area contributed by atoms with Gasteiger partial charge in [0.25, 0.3) is 5.56 Å². The fraction of sp³-hybridized carbons (Fsp3) is 0.0200. The number of carbonyl (C=O) groups is 5. The monoisotopic (exact) mass is 1640 g/mol. The third-order valence-corrected chi connectivity index (χ3v) is 25.3. The molecule has 2 N–H and O–H groups in total. The van der Waals surface area contributed by atoms with Crippen LogP contribution in [0.25, 0.3) is 0 Å². The van der Waals surface area contributed by atoms with Crippen LogP contribution in [0.3, 0.4) is 0 Å². The van der Waals surface area contributed by atoms with Crippen molar-refractivity contribution in [3.05, 3.63) is 494 Å². The third kappa shape index (κ3) is 29.8. The molecule has 119 heavy (non-hydrogen) atoms. The quantitative estimate of drug-likeness (QED) is 0.0803. The SMILES string of the molecule is O=C([O-])C1=CC=CC1.O=C([O-])C1=CCC=C1.O=C([O-])c1ccc[nH]c1=O.O=C([O-])c1ccccn1.O=C([O-])c1ccn[nH]1.c1ccc([S+](c2ccccc2)c2ccccc2)cc1.c1ccc([S+](c2ccccc2)c2ccccc2)cc1.c1ccc([S+](c2ccccc2)c2ccccc2)cc1.c1ccc([S+](c2ccccc2)c2ccccc2)cc1. The van der Waals surface area contributed by atoms with E-state index in [4.69, 9.17) is 0 Å². The van der Waals surface area contributed by atoms with Gasteiger partial charge in [0.05, 0.1) is 90.4 Å². The maximum Gasteiger partial charge on any atom is 0.257 e. The van der Waals surface area contributed by atoms with E-state index in [1.54, 1.807) is 48.6 Å². The summed E-state index contributed by atoms with van der Waals surface area (Å²) in [6, 6.07) is 137. The Morgan fingerprint density at radius 3 is 0.756 bits per heavy atom. The first-order chi connectivity index (χ1) is 58.2. The number of aromatic amines is 2. The van der Waals surface area contributed by atoms with Gasteiger partial charge in [-0.3, -0.25) is 14.9 Å². The molecule has 0 unspecified atom stereocenters. The average Bonchev–Trinajstić information content (AvgIpc) is 0.866. The number of aromatic nitrogens is 4. The molecule has 15 nitrogen and oxygen atoms in total. The van der Waals surface area contributed by atoms with E-state index in [9.17, 15) is 54.3 Å². The molecule has 592 valence electrons. The summed E-state index contributed by atoms with van der Waals surface area (Å²) in [4.78, 5) is 82.6. The lowest BCUT2D eigenvalue weighted by Gasteiger charge is -2.07. The molecule has 19 heteroatoms. The van der Waals surface area contributed by atoms with Gasteiger partial charge in [0.15, 0.2) is 58.7 Å². The summed E-state index contributed by atoms with van der Waals surface area (Å²) in [5.41, 5.74) is -0.345. The molecule has 3 aromatic heterocycles. The second-order valence-corrected chi connectivity index (χ2v) is 32.7. The lowest BCUT2D eigenvalue weighted by molar-refractivity contribution is -0.300. The number of nitrogens with one attached hydrogen (secondary N) is 2. The summed E-state index contributed by atoms with van der Waals surface area (Å²) >= 11 is 0. The minimum Gasteiger partial charge on any atom is -0.545 e. The first kappa shape index (κ1) is 88.6. The van der Waals surface area contributed by atoms with Crippen LogP contribution < -0.4 is 31.1 Å². The highest BCUT2D eigenvalue weighted by atomic mass is 32.2. The predicted octanol–water partition coefficient (Wildman–Crippen LogP) is 15.3. The minimum atomic E-state index is -1.46. The molecule has 0 aliphatic heterocycles. The van der Waals surface area contributed by atoms with E-state index in [0.29, 0.717) is 17.6 Å². The molecule has 3 heterocycles. The number of aliphatic carboxylic acids is 2. The number of allylic oxidation sites excluding steroid dienone is 5. The minimum absolute atomic E-state index is 0.00463. The Kier molecular flexibility index (Phi) is 37.3. The molecule has 2 aliphatic rings. The van der Waals surface area contributed by atoms with Gasteiger partial charge in [-0.05, 0) is 200 Å². The number of H-pyrrole nitrogens is 2. The van der Waals surface area contributed by atoms with E-state index in [1.807, 2.05) is 0 Å². The molecule has 0 radical (unpaired) electrons. The van der Waals surface area contributed by atoms with E-state index in [1.165, 1.54) is 102 Å².